The quantitative estimate of drug-likeness (QED) is 0.906. The molecule has 1 saturated heterocycles. The van der Waals surface area contributed by atoms with Gasteiger partial charge in [-0.2, -0.15) is 11.8 Å². The van der Waals surface area contributed by atoms with Crippen LogP contribution in [0.3, 0.4) is 0 Å². The second-order valence-electron chi connectivity index (χ2n) is 3.94. The predicted octanol–water partition coefficient (Wildman–Crippen LogP) is 2.48. The van der Waals surface area contributed by atoms with Crippen LogP contribution in [0.5, 0.6) is 0 Å². The summed E-state index contributed by atoms with van der Waals surface area (Å²) >= 11 is 3.71. The summed E-state index contributed by atoms with van der Waals surface area (Å²) in [7, 11) is 0. The van der Waals surface area contributed by atoms with Crippen molar-refractivity contribution < 1.29 is 4.52 Å². The summed E-state index contributed by atoms with van der Waals surface area (Å²) in [5, 5.41) is 8.46. The van der Waals surface area contributed by atoms with Crippen molar-refractivity contribution in [2.24, 2.45) is 0 Å². The summed E-state index contributed by atoms with van der Waals surface area (Å²) in [5.41, 5.74) is 1.05. The SMILES string of the molecule is Cc1oncc1-c1cnc(C2CSCCN2)s1. The van der Waals surface area contributed by atoms with Crippen LogP contribution in [0.1, 0.15) is 16.8 Å². The Bertz CT molecular complexity index is 502. The van der Waals surface area contributed by atoms with E-state index in [1.54, 1.807) is 17.5 Å². The smallest absolute Gasteiger partial charge is 0.142 e. The molecule has 1 N–H and O–H groups in total. The van der Waals surface area contributed by atoms with E-state index in [-0.39, 0.29) is 0 Å². The molecular formula is C11H13N3OS2. The first kappa shape index (κ1) is 11.3. The lowest BCUT2D eigenvalue weighted by molar-refractivity contribution is 0.398. The topological polar surface area (TPSA) is 51.0 Å². The van der Waals surface area contributed by atoms with E-state index >= 15 is 0 Å². The summed E-state index contributed by atoms with van der Waals surface area (Å²) < 4.78 is 5.08. The van der Waals surface area contributed by atoms with E-state index in [0.717, 1.165) is 33.5 Å². The van der Waals surface area contributed by atoms with Crippen molar-refractivity contribution in [1.82, 2.24) is 15.5 Å². The molecule has 1 fully saturated rings. The van der Waals surface area contributed by atoms with Crippen LogP contribution in [-0.4, -0.2) is 28.2 Å². The first-order chi connectivity index (χ1) is 8.34. The highest BCUT2D eigenvalue weighted by Gasteiger charge is 2.19. The van der Waals surface area contributed by atoms with Gasteiger partial charge in [0.2, 0.25) is 0 Å². The zero-order chi connectivity index (χ0) is 11.7. The fourth-order valence-corrected chi connectivity index (χ4v) is 3.93. The highest BCUT2D eigenvalue weighted by atomic mass is 32.2. The van der Waals surface area contributed by atoms with Crippen LogP contribution in [0.4, 0.5) is 0 Å². The first-order valence-electron chi connectivity index (χ1n) is 5.53. The van der Waals surface area contributed by atoms with E-state index in [9.17, 15) is 0 Å². The largest absolute Gasteiger partial charge is 0.361 e. The molecule has 0 aromatic carbocycles. The molecule has 3 rings (SSSR count). The standard InChI is InChI=1S/C11H13N3OS2/c1-7-8(4-14-15-7)10-5-13-11(17-10)9-6-16-3-2-12-9/h4-5,9,12H,2-3,6H2,1H3. The van der Waals surface area contributed by atoms with Crippen LogP contribution >= 0.6 is 23.1 Å². The molecule has 1 unspecified atom stereocenters. The van der Waals surface area contributed by atoms with E-state index in [4.69, 9.17) is 4.52 Å². The van der Waals surface area contributed by atoms with Crippen molar-refractivity contribution >= 4 is 23.1 Å². The Morgan fingerprint density at radius 1 is 1.47 bits per heavy atom. The molecule has 0 aliphatic carbocycles. The summed E-state index contributed by atoms with van der Waals surface area (Å²) in [5.74, 6) is 3.15. The third-order valence-electron chi connectivity index (χ3n) is 2.76. The van der Waals surface area contributed by atoms with Gasteiger partial charge in [0.05, 0.1) is 22.7 Å². The first-order valence-corrected chi connectivity index (χ1v) is 7.50. The van der Waals surface area contributed by atoms with Crippen LogP contribution in [0, 0.1) is 6.92 Å². The highest BCUT2D eigenvalue weighted by Crippen LogP contribution is 2.32. The van der Waals surface area contributed by atoms with E-state index in [1.165, 1.54) is 5.75 Å². The van der Waals surface area contributed by atoms with Crippen molar-refractivity contribution in [3.63, 3.8) is 0 Å². The monoisotopic (exact) mass is 267 g/mol. The third-order valence-corrected chi connectivity index (χ3v) is 4.97. The van der Waals surface area contributed by atoms with Gasteiger partial charge in [-0.05, 0) is 6.92 Å². The number of rotatable bonds is 2. The Morgan fingerprint density at radius 3 is 3.12 bits per heavy atom. The van der Waals surface area contributed by atoms with Gasteiger partial charge in [0.25, 0.3) is 0 Å². The summed E-state index contributed by atoms with van der Waals surface area (Å²) in [6.45, 7) is 2.99. The zero-order valence-corrected chi connectivity index (χ0v) is 11.1. The van der Waals surface area contributed by atoms with Crippen LogP contribution < -0.4 is 5.32 Å². The number of thioether (sulfide) groups is 1. The molecule has 3 heterocycles. The second-order valence-corrected chi connectivity index (χ2v) is 6.15. The Balaban J connectivity index is 1.85. The molecule has 0 saturated carbocycles. The van der Waals surface area contributed by atoms with Crippen molar-refractivity contribution in [2.45, 2.75) is 13.0 Å². The lowest BCUT2D eigenvalue weighted by Gasteiger charge is -2.20. The van der Waals surface area contributed by atoms with Gasteiger partial charge in [-0.1, -0.05) is 5.16 Å². The van der Waals surface area contributed by atoms with Gasteiger partial charge in [-0.3, -0.25) is 0 Å². The fraction of sp³-hybridized carbons (Fsp3) is 0.455. The average Bonchev–Trinajstić information content (AvgIpc) is 2.98. The molecule has 17 heavy (non-hydrogen) atoms. The minimum Gasteiger partial charge on any atom is -0.361 e. The molecule has 2 aromatic rings. The molecule has 0 spiro atoms. The Morgan fingerprint density at radius 2 is 2.41 bits per heavy atom. The molecule has 1 aliphatic heterocycles. The number of thiazole rings is 1. The maximum atomic E-state index is 5.08. The number of aryl methyl sites for hydroxylation is 1. The number of nitrogens with zero attached hydrogens (tertiary/aromatic N) is 2. The molecule has 1 atom stereocenters. The van der Waals surface area contributed by atoms with E-state index in [2.05, 4.69) is 15.5 Å². The van der Waals surface area contributed by atoms with Gasteiger partial charge < -0.3 is 9.84 Å². The fourth-order valence-electron chi connectivity index (χ4n) is 1.83. The Kier molecular flexibility index (Phi) is 3.17. The molecule has 0 radical (unpaired) electrons. The molecule has 90 valence electrons. The zero-order valence-electron chi connectivity index (χ0n) is 9.47. The molecule has 0 amide bonds. The maximum Gasteiger partial charge on any atom is 0.142 e. The lowest BCUT2D eigenvalue weighted by atomic mass is 10.2. The van der Waals surface area contributed by atoms with Gasteiger partial charge in [-0.25, -0.2) is 4.98 Å². The van der Waals surface area contributed by atoms with Crippen LogP contribution in [0.25, 0.3) is 10.4 Å². The minimum absolute atomic E-state index is 0.396. The highest BCUT2D eigenvalue weighted by molar-refractivity contribution is 7.99. The molecule has 6 heteroatoms. The van der Waals surface area contributed by atoms with E-state index in [1.807, 2.05) is 24.9 Å². The Labute approximate surface area is 108 Å². The molecule has 2 aromatic heterocycles. The number of aromatic nitrogens is 2. The van der Waals surface area contributed by atoms with Crippen LogP contribution in [-0.2, 0) is 0 Å². The minimum atomic E-state index is 0.396. The summed E-state index contributed by atoms with van der Waals surface area (Å²) in [4.78, 5) is 5.65. The van der Waals surface area contributed by atoms with Crippen molar-refractivity contribution in [3.05, 3.63) is 23.2 Å². The third kappa shape index (κ3) is 2.25. The van der Waals surface area contributed by atoms with Gasteiger partial charge in [0, 0.05) is 24.2 Å². The molecule has 0 bridgehead atoms. The van der Waals surface area contributed by atoms with Crippen molar-refractivity contribution in [3.8, 4) is 10.4 Å². The van der Waals surface area contributed by atoms with Gasteiger partial charge >= 0.3 is 0 Å². The van der Waals surface area contributed by atoms with Gasteiger partial charge in [-0.15, -0.1) is 11.3 Å². The van der Waals surface area contributed by atoms with E-state index in [0.29, 0.717) is 6.04 Å². The molecular weight excluding hydrogens is 254 g/mol. The van der Waals surface area contributed by atoms with Crippen LogP contribution in [0.2, 0.25) is 0 Å². The van der Waals surface area contributed by atoms with E-state index < -0.39 is 0 Å². The van der Waals surface area contributed by atoms with Crippen molar-refractivity contribution in [2.75, 3.05) is 18.1 Å². The second kappa shape index (κ2) is 4.80. The number of hydrogen-bond donors (Lipinski definition) is 1. The Hall–Kier alpha value is -0.850. The van der Waals surface area contributed by atoms with Crippen molar-refractivity contribution in [1.29, 1.82) is 0 Å². The van der Waals surface area contributed by atoms with Crippen LogP contribution in [0.15, 0.2) is 16.9 Å². The summed E-state index contributed by atoms with van der Waals surface area (Å²) in [6, 6.07) is 0.396. The molecule has 1 aliphatic rings. The maximum absolute atomic E-state index is 5.08. The molecule has 4 nitrogen and oxygen atoms in total. The number of nitrogens with one attached hydrogen (secondary N) is 1. The predicted molar refractivity (Wildman–Crippen MR) is 70.4 cm³/mol. The van der Waals surface area contributed by atoms with Gasteiger partial charge in [0.1, 0.15) is 10.8 Å². The van der Waals surface area contributed by atoms with Gasteiger partial charge in [0.15, 0.2) is 0 Å². The normalized spacial score (nSPS) is 20.6. The lowest BCUT2D eigenvalue weighted by Crippen LogP contribution is -2.29. The average molecular weight is 267 g/mol. The summed E-state index contributed by atoms with van der Waals surface area (Å²) in [6.07, 6.45) is 3.68. The number of hydrogen-bond acceptors (Lipinski definition) is 6.